The molecule has 0 aromatic heterocycles. The van der Waals surface area contributed by atoms with Crippen LogP contribution in [0.25, 0.3) is 0 Å². The van der Waals surface area contributed by atoms with Gasteiger partial charge in [0.25, 0.3) is 0 Å². The van der Waals surface area contributed by atoms with Crippen LogP contribution in [0.4, 0.5) is 0 Å². The maximum atomic E-state index is 5.84. The summed E-state index contributed by atoms with van der Waals surface area (Å²) in [7, 11) is 0. The first-order valence-electron chi connectivity index (χ1n) is 6.62. The Morgan fingerprint density at radius 2 is 1.83 bits per heavy atom. The molecule has 0 fully saturated rings. The first-order chi connectivity index (χ1) is 8.71. The molecule has 0 aliphatic carbocycles. The Morgan fingerprint density at radius 3 is 2.33 bits per heavy atom. The van der Waals surface area contributed by atoms with Crippen LogP contribution < -0.4 is 11.1 Å². The Bertz CT molecular complexity index is 322. The number of halogens is 1. The molecule has 1 aromatic rings. The topological polar surface area (TPSA) is 41.3 Å². The fourth-order valence-corrected chi connectivity index (χ4v) is 2.23. The minimum absolute atomic E-state index is 0.244. The quantitative estimate of drug-likeness (QED) is 0.774. The van der Waals surface area contributed by atoms with E-state index < -0.39 is 0 Å². The molecule has 0 saturated carbocycles. The maximum Gasteiger partial charge on any atom is 0.0444 e. The molecule has 0 aliphatic heterocycles. The van der Waals surface area contributed by atoms with Gasteiger partial charge in [-0.3, -0.25) is 0 Å². The van der Waals surface area contributed by atoms with Crippen LogP contribution >= 0.6 is 15.9 Å². The van der Waals surface area contributed by atoms with E-state index in [-0.39, 0.29) is 6.04 Å². The van der Waals surface area contributed by atoms with Gasteiger partial charge in [0, 0.05) is 30.1 Å². The van der Waals surface area contributed by atoms with Gasteiger partial charge in [0.05, 0.1) is 0 Å². The standard InChI is InChI=1S/C14H24BrN3/c1-3-18(4-2)10-9-17-14(11-16)12-5-7-13(15)8-6-12/h5-8,14,17H,3-4,9-11,16H2,1-2H3. The summed E-state index contributed by atoms with van der Waals surface area (Å²) in [6, 6.07) is 8.60. The lowest BCUT2D eigenvalue weighted by Crippen LogP contribution is -2.36. The van der Waals surface area contributed by atoms with Crippen molar-refractivity contribution in [3.05, 3.63) is 34.3 Å². The zero-order valence-electron chi connectivity index (χ0n) is 11.3. The Morgan fingerprint density at radius 1 is 1.22 bits per heavy atom. The molecule has 0 bridgehead atoms. The molecule has 0 aliphatic rings. The van der Waals surface area contributed by atoms with E-state index in [4.69, 9.17) is 5.73 Å². The van der Waals surface area contributed by atoms with Crippen molar-refractivity contribution in [2.75, 3.05) is 32.7 Å². The lowest BCUT2D eigenvalue weighted by Gasteiger charge is -2.22. The van der Waals surface area contributed by atoms with Crippen LogP contribution in [0.2, 0.25) is 0 Å². The Labute approximate surface area is 119 Å². The van der Waals surface area contributed by atoms with Crippen molar-refractivity contribution < 1.29 is 0 Å². The van der Waals surface area contributed by atoms with Crippen LogP contribution in [0.5, 0.6) is 0 Å². The summed E-state index contributed by atoms with van der Waals surface area (Å²) in [4.78, 5) is 2.40. The summed E-state index contributed by atoms with van der Waals surface area (Å²) < 4.78 is 1.10. The molecule has 1 aromatic carbocycles. The molecule has 4 heteroatoms. The van der Waals surface area contributed by atoms with E-state index in [0.717, 1.165) is 30.7 Å². The number of nitrogens with two attached hydrogens (primary N) is 1. The van der Waals surface area contributed by atoms with Crippen LogP contribution in [-0.4, -0.2) is 37.6 Å². The monoisotopic (exact) mass is 313 g/mol. The van der Waals surface area contributed by atoms with Crippen molar-refractivity contribution in [3.63, 3.8) is 0 Å². The highest BCUT2D eigenvalue weighted by Crippen LogP contribution is 2.16. The Kier molecular flexibility index (Phi) is 7.51. The highest BCUT2D eigenvalue weighted by Gasteiger charge is 2.08. The molecule has 1 atom stereocenters. The third-order valence-corrected chi connectivity index (χ3v) is 3.75. The van der Waals surface area contributed by atoms with E-state index in [2.05, 4.69) is 64.3 Å². The van der Waals surface area contributed by atoms with E-state index >= 15 is 0 Å². The molecule has 1 unspecified atom stereocenters. The molecular weight excluding hydrogens is 290 g/mol. The van der Waals surface area contributed by atoms with Crippen LogP contribution in [0.15, 0.2) is 28.7 Å². The second-order valence-electron chi connectivity index (χ2n) is 4.32. The summed E-state index contributed by atoms with van der Waals surface area (Å²) in [5, 5.41) is 3.52. The maximum absolute atomic E-state index is 5.84. The van der Waals surface area contributed by atoms with Gasteiger partial charge in [-0.15, -0.1) is 0 Å². The summed E-state index contributed by atoms with van der Waals surface area (Å²) in [6.45, 7) is 9.25. The second kappa shape index (κ2) is 8.64. The number of benzene rings is 1. The van der Waals surface area contributed by atoms with Crippen molar-refractivity contribution in [1.82, 2.24) is 10.2 Å². The van der Waals surface area contributed by atoms with Crippen LogP contribution in [0.1, 0.15) is 25.5 Å². The number of hydrogen-bond acceptors (Lipinski definition) is 3. The first-order valence-corrected chi connectivity index (χ1v) is 7.41. The molecule has 0 amide bonds. The molecule has 3 N–H and O–H groups in total. The zero-order chi connectivity index (χ0) is 13.4. The van der Waals surface area contributed by atoms with Crippen molar-refractivity contribution in [2.24, 2.45) is 5.73 Å². The molecule has 3 nitrogen and oxygen atoms in total. The van der Waals surface area contributed by atoms with Crippen LogP contribution in [0.3, 0.4) is 0 Å². The molecule has 1 rings (SSSR count). The van der Waals surface area contributed by atoms with Gasteiger partial charge < -0.3 is 16.0 Å². The van der Waals surface area contributed by atoms with E-state index in [0.29, 0.717) is 6.54 Å². The van der Waals surface area contributed by atoms with Gasteiger partial charge in [0.1, 0.15) is 0 Å². The van der Waals surface area contributed by atoms with Crippen molar-refractivity contribution in [3.8, 4) is 0 Å². The Balaban J connectivity index is 2.44. The average Bonchev–Trinajstić information content (AvgIpc) is 2.41. The number of nitrogens with zero attached hydrogens (tertiary/aromatic N) is 1. The lowest BCUT2D eigenvalue weighted by atomic mass is 10.1. The van der Waals surface area contributed by atoms with Gasteiger partial charge in [-0.25, -0.2) is 0 Å². The molecule has 0 heterocycles. The Hall–Kier alpha value is -0.420. The van der Waals surface area contributed by atoms with Gasteiger partial charge in [-0.1, -0.05) is 41.9 Å². The number of likely N-dealkylation sites (N-methyl/N-ethyl adjacent to an activating group) is 1. The third kappa shape index (κ3) is 5.06. The summed E-state index contributed by atoms with van der Waals surface area (Å²) >= 11 is 3.45. The second-order valence-corrected chi connectivity index (χ2v) is 5.24. The minimum Gasteiger partial charge on any atom is -0.329 e. The summed E-state index contributed by atoms with van der Waals surface area (Å²) in [5.74, 6) is 0. The van der Waals surface area contributed by atoms with Gasteiger partial charge in [0.15, 0.2) is 0 Å². The first kappa shape index (κ1) is 15.6. The largest absolute Gasteiger partial charge is 0.329 e. The zero-order valence-corrected chi connectivity index (χ0v) is 12.9. The van der Waals surface area contributed by atoms with Crippen molar-refractivity contribution in [2.45, 2.75) is 19.9 Å². The fraction of sp³-hybridized carbons (Fsp3) is 0.571. The highest BCUT2D eigenvalue weighted by molar-refractivity contribution is 9.10. The molecular formula is C14H24BrN3. The van der Waals surface area contributed by atoms with E-state index in [1.165, 1.54) is 5.56 Å². The van der Waals surface area contributed by atoms with E-state index in [1.54, 1.807) is 0 Å². The predicted octanol–water partition coefficient (Wildman–Crippen LogP) is 2.38. The van der Waals surface area contributed by atoms with Gasteiger partial charge >= 0.3 is 0 Å². The fourth-order valence-electron chi connectivity index (χ4n) is 1.97. The molecule has 102 valence electrons. The normalized spacial score (nSPS) is 12.9. The predicted molar refractivity (Wildman–Crippen MR) is 81.7 cm³/mol. The highest BCUT2D eigenvalue weighted by atomic mass is 79.9. The van der Waals surface area contributed by atoms with Crippen LogP contribution in [-0.2, 0) is 0 Å². The van der Waals surface area contributed by atoms with E-state index in [1.807, 2.05) is 0 Å². The smallest absolute Gasteiger partial charge is 0.0444 e. The van der Waals surface area contributed by atoms with E-state index in [9.17, 15) is 0 Å². The van der Waals surface area contributed by atoms with Gasteiger partial charge in [0.2, 0.25) is 0 Å². The molecule has 0 saturated heterocycles. The average molecular weight is 314 g/mol. The third-order valence-electron chi connectivity index (χ3n) is 3.22. The molecule has 0 spiro atoms. The minimum atomic E-state index is 0.244. The lowest BCUT2D eigenvalue weighted by molar-refractivity contribution is 0.297. The number of rotatable bonds is 8. The number of nitrogens with one attached hydrogen (secondary N) is 1. The SMILES string of the molecule is CCN(CC)CCNC(CN)c1ccc(Br)cc1. The summed E-state index contributed by atoms with van der Waals surface area (Å²) in [5.41, 5.74) is 7.09. The molecule has 18 heavy (non-hydrogen) atoms. The van der Waals surface area contributed by atoms with Crippen LogP contribution in [0, 0.1) is 0 Å². The van der Waals surface area contributed by atoms with Crippen molar-refractivity contribution in [1.29, 1.82) is 0 Å². The molecule has 0 radical (unpaired) electrons. The number of hydrogen-bond donors (Lipinski definition) is 2. The van der Waals surface area contributed by atoms with Crippen molar-refractivity contribution >= 4 is 15.9 Å². The van der Waals surface area contributed by atoms with Gasteiger partial charge in [-0.05, 0) is 30.8 Å². The summed E-state index contributed by atoms with van der Waals surface area (Å²) in [6.07, 6.45) is 0. The van der Waals surface area contributed by atoms with Gasteiger partial charge in [-0.2, -0.15) is 0 Å².